The van der Waals surface area contributed by atoms with Crippen molar-refractivity contribution in [1.82, 2.24) is 14.5 Å². The lowest BCUT2D eigenvalue weighted by atomic mass is 9.69. The first kappa shape index (κ1) is 25.4. The quantitative estimate of drug-likeness (QED) is 0.571. The van der Waals surface area contributed by atoms with E-state index in [2.05, 4.69) is 4.98 Å². The van der Waals surface area contributed by atoms with Crippen molar-refractivity contribution in [2.45, 2.75) is 51.2 Å². The Balaban J connectivity index is 1.50. The summed E-state index contributed by atoms with van der Waals surface area (Å²) >= 11 is 0. The maximum absolute atomic E-state index is 13.1. The molecule has 9 heteroatoms. The molecule has 6 nitrogen and oxygen atoms in total. The Bertz CT molecular complexity index is 1060. The molecule has 1 saturated heterocycles. The number of hydrogen-bond donors (Lipinski definition) is 0. The van der Waals surface area contributed by atoms with Crippen molar-refractivity contribution in [3.63, 3.8) is 0 Å². The second-order valence-electron chi connectivity index (χ2n) is 9.92. The van der Waals surface area contributed by atoms with Gasteiger partial charge in [-0.1, -0.05) is 43.2 Å². The number of rotatable bonds is 7. The van der Waals surface area contributed by atoms with Gasteiger partial charge in [0.1, 0.15) is 0 Å². The summed E-state index contributed by atoms with van der Waals surface area (Å²) in [4.78, 5) is 32.1. The summed E-state index contributed by atoms with van der Waals surface area (Å²) < 4.78 is 45.8. The van der Waals surface area contributed by atoms with Gasteiger partial charge in [0.15, 0.2) is 0 Å². The normalized spacial score (nSPS) is 20.8. The molecular formula is C26H32F3N3O3. The molecule has 2 fully saturated rings. The number of methoxy groups -OCH3 is 1. The summed E-state index contributed by atoms with van der Waals surface area (Å²) in [7, 11) is 1.32. The minimum atomic E-state index is -4.43. The molecule has 2 aliphatic rings. The molecule has 0 N–H and O–H groups in total. The molecule has 0 radical (unpaired) electrons. The van der Waals surface area contributed by atoms with Crippen LogP contribution in [0, 0.1) is 17.3 Å². The molecule has 190 valence electrons. The molecule has 1 unspecified atom stereocenters. The Labute approximate surface area is 203 Å². The molecule has 1 aromatic heterocycles. The number of aromatic nitrogens is 2. The van der Waals surface area contributed by atoms with Crippen molar-refractivity contribution in [2.24, 2.45) is 17.3 Å². The van der Waals surface area contributed by atoms with E-state index < -0.39 is 24.4 Å². The van der Waals surface area contributed by atoms with Crippen molar-refractivity contribution in [2.75, 3.05) is 26.8 Å². The molecule has 1 aliphatic heterocycles. The molecule has 1 saturated carbocycles. The third-order valence-corrected chi connectivity index (χ3v) is 7.59. The van der Waals surface area contributed by atoms with Gasteiger partial charge in [-0.05, 0) is 30.6 Å². The van der Waals surface area contributed by atoms with Crippen LogP contribution in [0.1, 0.15) is 38.5 Å². The lowest BCUT2D eigenvalue weighted by Crippen LogP contribution is -2.53. The predicted molar refractivity (Wildman–Crippen MR) is 126 cm³/mol. The van der Waals surface area contributed by atoms with Gasteiger partial charge in [-0.2, -0.15) is 13.2 Å². The number of carbonyl (C=O) groups is 1. The van der Waals surface area contributed by atoms with Crippen LogP contribution in [-0.4, -0.2) is 53.3 Å². The fourth-order valence-corrected chi connectivity index (χ4v) is 5.85. The van der Waals surface area contributed by atoms with Crippen LogP contribution < -0.4 is 5.56 Å². The molecule has 1 aromatic carbocycles. The van der Waals surface area contributed by atoms with Gasteiger partial charge < -0.3 is 9.64 Å². The minimum absolute atomic E-state index is 0.129. The van der Waals surface area contributed by atoms with Crippen molar-refractivity contribution in [3.05, 3.63) is 53.1 Å². The van der Waals surface area contributed by atoms with Crippen molar-refractivity contribution in [1.29, 1.82) is 0 Å². The van der Waals surface area contributed by atoms with Crippen LogP contribution in [0.5, 0.6) is 0 Å². The molecule has 2 atom stereocenters. The summed E-state index contributed by atoms with van der Waals surface area (Å²) in [6.07, 6.45) is 0.460. The van der Waals surface area contributed by atoms with E-state index >= 15 is 0 Å². The van der Waals surface area contributed by atoms with E-state index in [4.69, 9.17) is 4.74 Å². The largest absolute Gasteiger partial charge is 0.389 e. The van der Waals surface area contributed by atoms with Crippen LogP contribution in [-0.2, 0) is 16.1 Å². The summed E-state index contributed by atoms with van der Waals surface area (Å²) in [5.74, 6) is -1.56. The summed E-state index contributed by atoms with van der Waals surface area (Å²) in [5.41, 5.74) is 1.18. The SMILES string of the molecule is COC[C@H](CC(F)(F)F)C(=O)N1CCC(Cn2cnc(-c3ccccc3)cc2=O)C2(CCCC2)C1. The molecule has 35 heavy (non-hydrogen) atoms. The second-order valence-corrected chi connectivity index (χ2v) is 9.92. The van der Waals surface area contributed by atoms with E-state index in [0.717, 1.165) is 31.2 Å². The maximum atomic E-state index is 13.1. The van der Waals surface area contributed by atoms with Gasteiger partial charge in [-0.15, -0.1) is 0 Å². The summed E-state index contributed by atoms with van der Waals surface area (Å²) in [6.45, 7) is 1.06. The highest BCUT2D eigenvalue weighted by Gasteiger charge is 2.47. The van der Waals surface area contributed by atoms with E-state index in [1.54, 1.807) is 21.9 Å². The third-order valence-electron chi connectivity index (χ3n) is 7.59. The summed E-state index contributed by atoms with van der Waals surface area (Å²) in [5, 5.41) is 0. The van der Waals surface area contributed by atoms with E-state index in [9.17, 15) is 22.8 Å². The first-order chi connectivity index (χ1) is 16.7. The number of carbonyl (C=O) groups excluding carboxylic acids is 1. The Kier molecular flexibility index (Phi) is 7.64. The topological polar surface area (TPSA) is 64.4 Å². The molecule has 2 aromatic rings. The lowest BCUT2D eigenvalue weighted by Gasteiger charge is -2.47. The number of hydrogen-bond acceptors (Lipinski definition) is 4. The molecule has 2 heterocycles. The molecular weight excluding hydrogens is 459 g/mol. The second kappa shape index (κ2) is 10.5. The average molecular weight is 492 g/mol. The Morgan fingerprint density at radius 2 is 1.94 bits per heavy atom. The number of halogens is 3. The van der Waals surface area contributed by atoms with Gasteiger partial charge in [0, 0.05) is 38.4 Å². The highest BCUT2D eigenvalue weighted by molar-refractivity contribution is 5.79. The van der Waals surface area contributed by atoms with E-state index in [1.165, 1.54) is 7.11 Å². The maximum Gasteiger partial charge on any atom is 0.389 e. The predicted octanol–water partition coefficient (Wildman–Crippen LogP) is 4.53. The van der Waals surface area contributed by atoms with Crippen LogP contribution in [0.2, 0.25) is 0 Å². The Morgan fingerprint density at radius 3 is 2.57 bits per heavy atom. The first-order valence-corrected chi connectivity index (χ1v) is 12.2. The number of piperidine rings is 1. The van der Waals surface area contributed by atoms with Crippen LogP contribution in [0.4, 0.5) is 13.2 Å². The number of benzene rings is 1. The minimum Gasteiger partial charge on any atom is -0.384 e. The van der Waals surface area contributed by atoms with Gasteiger partial charge >= 0.3 is 6.18 Å². The Morgan fingerprint density at radius 1 is 1.23 bits per heavy atom. The highest BCUT2D eigenvalue weighted by atomic mass is 19.4. The van der Waals surface area contributed by atoms with Gasteiger partial charge in [-0.25, -0.2) is 4.98 Å². The van der Waals surface area contributed by atoms with Gasteiger partial charge in [0.05, 0.1) is 31.0 Å². The first-order valence-electron chi connectivity index (χ1n) is 12.2. The molecule has 1 amide bonds. The fourth-order valence-electron chi connectivity index (χ4n) is 5.85. The van der Waals surface area contributed by atoms with E-state index in [1.807, 2.05) is 30.3 Å². The number of alkyl halides is 3. The standard InChI is InChI=1S/C26H32F3N3O3/c1-35-16-20(14-26(27,28)29)24(34)31-12-9-21(25(17-31)10-5-6-11-25)15-32-18-30-22(13-23(32)33)19-7-3-2-4-8-19/h2-4,7-8,13,18,20-21H,5-6,9-12,14-17H2,1H3/t20-,21?/m0/s1. The zero-order chi connectivity index (χ0) is 25.1. The van der Waals surface area contributed by atoms with Gasteiger partial charge in [0.25, 0.3) is 5.56 Å². The van der Waals surface area contributed by atoms with Crippen LogP contribution in [0.25, 0.3) is 11.3 Å². The molecule has 4 rings (SSSR count). The number of ether oxygens (including phenoxy) is 1. The van der Waals surface area contributed by atoms with Gasteiger partial charge in [0.2, 0.25) is 5.91 Å². The Hall–Kier alpha value is -2.68. The van der Waals surface area contributed by atoms with Gasteiger partial charge in [-0.3, -0.25) is 14.2 Å². The number of amides is 1. The van der Waals surface area contributed by atoms with Crippen molar-refractivity contribution >= 4 is 5.91 Å². The average Bonchev–Trinajstić information content (AvgIpc) is 3.29. The van der Waals surface area contributed by atoms with Crippen LogP contribution in [0.3, 0.4) is 0 Å². The molecule has 0 bridgehead atoms. The third kappa shape index (κ3) is 5.94. The van der Waals surface area contributed by atoms with Crippen molar-refractivity contribution < 1.29 is 22.7 Å². The van der Waals surface area contributed by atoms with E-state index in [0.29, 0.717) is 31.7 Å². The van der Waals surface area contributed by atoms with E-state index in [-0.39, 0.29) is 23.5 Å². The van der Waals surface area contributed by atoms with Crippen LogP contribution >= 0.6 is 0 Å². The number of likely N-dealkylation sites (tertiary alicyclic amines) is 1. The zero-order valence-electron chi connectivity index (χ0n) is 20.0. The van der Waals surface area contributed by atoms with Crippen molar-refractivity contribution in [3.8, 4) is 11.3 Å². The highest BCUT2D eigenvalue weighted by Crippen LogP contribution is 2.49. The number of nitrogens with zero attached hydrogens (tertiary/aromatic N) is 3. The van der Waals surface area contributed by atoms with Crippen LogP contribution in [0.15, 0.2) is 47.5 Å². The molecule has 1 spiro atoms. The summed E-state index contributed by atoms with van der Waals surface area (Å²) in [6, 6.07) is 11.1. The zero-order valence-corrected chi connectivity index (χ0v) is 20.0. The fraction of sp³-hybridized carbons (Fsp3) is 0.577. The monoisotopic (exact) mass is 491 g/mol. The lowest BCUT2D eigenvalue weighted by molar-refractivity contribution is -0.166. The molecule has 1 aliphatic carbocycles. The smallest absolute Gasteiger partial charge is 0.384 e.